The first kappa shape index (κ1) is 14.3. The molecule has 2 rings (SSSR count). The zero-order valence-corrected chi connectivity index (χ0v) is 13.6. The number of nitrogens with one attached hydrogen (secondary N) is 1. The van der Waals surface area contributed by atoms with Gasteiger partial charge in [-0.25, -0.2) is 0 Å². The molecule has 0 aromatic heterocycles. The number of halogens is 1. The van der Waals surface area contributed by atoms with Crippen molar-refractivity contribution in [3.8, 4) is 5.75 Å². The average Bonchev–Trinajstić information content (AvgIpc) is 2.42. The first-order valence-corrected chi connectivity index (χ1v) is 7.31. The standard InChI is InChI=1S/C16H18INO/c1-11-10-13(6-9-15(11)19-3)16(18-2)12-4-7-14(17)8-5-12/h4-10,16,18H,1-3H3. The second-order valence-electron chi connectivity index (χ2n) is 4.50. The van der Waals surface area contributed by atoms with Gasteiger partial charge in [0.05, 0.1) is 13.2 Å². The van der Waals surface area contributed by atoms with Crippen LogP contribution in [0, 0.1) is 10.5 Å². The van der Waals surface area contributed by atoms with Gasteiger partial charge in [-0.2, -0.15) is 0 Å². The zero-order valence-electron chi connectivity index (χ0n) is 11.4. The van der Waals surface area contributed by atoms with Gasteiger partial charge < -0.3 is 10.1 Å². The Morgan fingerprint density at radius 3 is 2.21 bits per heavy atom. The van der Waals surface area contributed by atoms with E-state index in [-0.39, 0.29) is 6.04 Å². The van der Waals surface area contributed by atoms with Crippen molar-refractivity contribution in [2.45, 2.75) is 13.0 Å². The van der Waals surface area contributed by atoms with E-state index < -0.39 is 0 Å². The average molecular weight is 367 g/mol. The maximum atomic E-state index is 5.31. The molecule has 2 nitrogen and oxygen atoms in total. The summed E-state index contributed by atoms with van der Waals surface area (Å²) < 4.78 is 6.57. The lowest BCUT2D eigenvalue weighted by Gasteiger charge is -2.18. The van der Waals surface area contributed by atoms with E-state index in [9.17, 15) is 0 Å². The Morgan fingerprint density at radius 1 is 1.05 bits per heavy atom. The summed E-state index contributed by atoms with van der Waals surface area (Å²) in [6.07, 6.45) is 0. The molecule has 0 aliphatic carbocycles. The van der Waals surface area contributed by atoms with Crippen LogP contribution in [0.3, 0.4) is 0 Å². The molecule has 0 heterocycles. The van der Waals surface area contributed by atoms with Crippen molar-refractivity contribution in [1.82, 2.24) is 5.32 Å². The monoisotopic (exact) mass is 367 g/mol. The zero-order chi connectivity index (χ0) is 13.8. The molecule has 1 atom stereocenters. The first-order valence-electron chi connectivity index (χ1n) is 6.23. The van der Waals surface area contributed by atoms with Crippen LogP contribution in [0.15, 0.2) is 42.5 Å². The molecule has 0 fully saturated rings. The van der Waals surface area contributed by atoms with E-state index in [0.29, 0.717) is 0 Å². The summed E-state index contributed by atoms with van der Waals surface area (Å²) in [5, 5.41) is 3.38. The van der Waals surface area contributed by atoms with E-state index >= 15 is 0 Å². The molecule has 100 valence electrons. The molecule has 0 spiro atoms. The summed E-state index contributed by atoms with van der Waals surface area (Å²) in [5.41, 5.74) is 3.68. The van der Waals surface area contributed by atoms with Gasteiger partial charge in [-0.1, -0.05) is 24.3 Å². The molecule has 19 heavy (non-hydrogen) atoms. The summed E-state index contributed by atoms with van der Waals surface area (Å²) in [6.45, 7) is 2.07. The van der Waals surface area contributed by atoms with Gasteiger partial charge in [-0.15, -0.1) is 0 Å². The summed E-state index contributed by atoms with van der Waals surface area (Å²) in [7, 11) is 3.69. The predicted octanol–water partition coefficient (Wildman–Crippen LogP) is 3.92. The molecular weight excluding hydrogens is 349 g/mol. The van der Waals surface area contributed by atoms with Gasteiger partial charge in [0.25, 0.3) is 0 Å². The minimum Gasteiger partial charge on any atom is -0.496 e. The number of aryl methyl sites for hydroxylation is 1. The Morgan fingerprint density at radius 2 is 1.68 bits per heavy atom. The molecule has 2 aromatic rings. The Kier molecular flexibility index (Phi) is 4.82. The molecule has 2 aromatic carbocycles. The van der Waals surface area contributed by atoms with Crippen molar-refractivity contribution < 1.29 is 4.74 Å². The highest BCUT2D eigenvalue weighted by Gasteiger charge is 2.13. The number of benzene rings is 2. The Hall–Kier alpha value is -1.07. The summed E-state index contributed by atoms with van der Waals surface area (Å²) in [5.74, 6) is 0.932. The second kappa shape index (κ2) is 6.39. The topological polar surface area (TPSA) is 21.3 Å². The summed E-state index contributed by atoms with van der Waals surface area (Å²) in [4.78, 5) is 0. The molecule has 3 heteroatoms. The van der Waals surface area contributed by atoms with E-state index in [4.69, 9.17) is 4.74 Å². The third-order valence-corrected chi connectivity index (χ3v) is 3.96. The summed E-state index contributed by atoms with van der Waals surface area (Å²) in [6, 6.07) is 15.1. The van der Waals surface area contributed by atoms with Crippen LogP contribution in [0.1, 0.15) is 22.7 Å². The van der Waals surface area contributed by atoms with Crippen molar-refractivity contribution in [1.29, 1.82) is 0 Å². The maximum Gasteiger partial charge on any atom is 0.121 e. The van der Waals surface area contributed by atoms with Gasteiger partial charge in [0.1, 0.15) is 5.75 Å². The van der Waals surface area contributed by atoms with Crippen molar-refractivity contribution >= 4 is 22.6 Å². The van der Waals surface area contributed by atoms with Crippen LogP contribution in [0.4, 0.5) is 0 Å². The van der Waals surface area contributed by atoms with Gasteiger partial charge in [0.2, 0.25) is 0 Å². The number of hydrogen-bond donors (Lipinski definition) is 1. The van der Waals surface area contributed by atoms with Crippen LogP contribution in [0.5, 0.6) is 5.75 Å². The Bertz CT molecular complexity index is 551. The predicted molar refractivity (Wildman–Crippen MR) is 87.8 cm³/mol. The third kappa shape index (κ3) is 3.28. The molecule has 0 saturated carbocycles. The minimum absolute atomic E-state index is 0.210. The van der Waals surface area contributed by atoms with Crippen LogP contribution in [-0.2, 0) is 0 Å². The minimum atomic E-state index is 0.210. The van der Waals surface area contributed by atoms with E-state index in [1.165, 1.54) is 14.7 Å². The SMILES string of the molecule is CNC(c1ccc(I)cc1)c1ccc(OC)c(C)c1. The van der Waals surface area contributed by atoms with Gasteiger partial charge in [0.15, 0.2) is 0 Å². The summed E-state index contributed by atoms with van der Waals surface area (Å²) >= 11 is 2.32. The number of ether oxygens (including phenoxy) is 1. The highest BCUT2D eigenvalue weighted by Crippen LogP contribution is 2.27. The first-order chi connectivity index (χ1) is 9.15. The lowest BCUT2D eigenvalue weighted by Crippen LogP contribution is -2.17. The van der Waals surface area contributed by atoms with Crippen LogP contribution in [-0.4, -0.2) is 14.2 Å². The lowest BCUT2D eigenvalue weighted by molar-refractivity contribution is 0.411. The van der Waals surface area contributed by atoms with Crippen molar-refractivity contribution in [3.05, 3.63) is 62.7 Å². The third-order valence-electron chi connectivity index (χ3n) is 3.24. The van der Waals surface area contributed by atoms with E-state index in [0.717, 1.165) is 11.3 Å². The highest BCUT2D eigenvalue weighted by molar-refractivity contribution is 14.1. The van der Waals surface area contributed by atoms with Gasteiger partial charge in [-0.3, -0.25) is 0 Å². The molecule has 0 aliphatic heterocycles. The van der Waals surface area contributed by atoms with E-state index in [2.05, 4.69) is 71.2 Å². The van der Waals surface area contributed by atoms with Crippen LogP contribution in [0.2, 0.25) is 0 Å². The quantitative estimate of drug-likeness (QED) is 0.828. The molecule has 1 N–H and O–H groups in total. The Labute approximate surface area is 128 Å². The van der Waals surface area contributed by atoms with E-state index in [1.807, 2.05) is 13.1 Å². The molecule has 0 saturated heterocycles. The molecule has 0 aliphatic rings. The molecule has 1 unspecified atom stereocenters. The van der Waals surface area contributed by atoms with Crippen LogP contribution >= 0.6 is 22.6 Å². The van der Waals surface area contributed by atoms with Crippen LogP contribution < -0.4 is 10.1 Å². The van der Waals surface area contributed by atoms with Crippen molar-refractivity contribution in [3.63, 3.8) is 0 Å². The highest BCUT2D eigenvalue weighted by atomic mass is 127. The molecule has 0 radical (unpaired) electrons. The van der Waals surface area contributed by atoms with Crippen LogP contribution in [0.25, 0.3) is 0 Å². The van der Waals surface area contributed by atoms with Crippen molar-refractivity contribution in [2.24, 2.45) is 0 Å². The molecule has 0 amide bonds. The van der Waals surface area contributed by atoms with Gasteiger partial charge >= 0.3 is 0 Å². The Balaban J connectivity index is 2.36. The lowest BCUT2D eigenvalue weighted by atomic mass is 9.97. The molecular formula is C16H18INO. The van der Waals surface area contributed by atoms with Gasteiger partial charge in [-0.05, 0) is 71.5 Å². The normalized spacial score (nSPS) is 12.2. The largest absolute Gasteiger partial charge is 0.496 e. The number of methoxy groups -OCH3 is 1. The smallest absolute Gasteiger partial charge is 0.121 e. The maximum absolute atomic E-state index is 5.31. The number of rotatable bonds is 4. The fourth-order valence-corrected chi connectivity index (χ4v) is 2.62. The fourth-order valence-electron chi connectivity index (χ4n) is 2.26. The molecule has 0 bridgehead atoms. The van der Waals surface area contributed by atoms with Crippen molar-refractivity contribution in [2.75, 3.05) is 14.2 Å². The second-order valence-corrected chi connectivity index (χ2v) is 5.75. The van der Waals surface area contributed by atoms with E-state index in [1.54, 1.807) is 7.11 Å². The fraction of sp³-hybridized carbons (Fsp3) is 0.250. The van der Waals surface area contributed by atoms with Gasteiger partial charge in [0, 0.05) is 3.57 Å². The number of hydrogen-bond acceptors (Lipinski definition) is 2.